The van der Waals surface area contributed by atoms with Gasteiger partial charge in [0.05, 0.1) is 0 Å². The van der Waals surface area contributed by atoms with Gasteiger partial charge in [-0.05, 0) is 52.9 Å². The maximum absolute atomic E-state index is 4.26. The molecule has 1 heterocycles. The van der Waals surface area contributed by atoms with Crippen molar-refractivity contribution in [2.45, 2.75) is 113 Å². The largest absolute Gasteiger partial charge is 0.310 e. The molecule has 0 amide bonds. The van der Waals surface area contributed by atoms with Gasteiger partial charge in [-0.2, -0.15) is 0 Å². The van der Waals surface area contributed by atoms with Crippen LogP contribution in [0.3, 0.4) is 0 Å². The molecule has 0 unspecified atom stereocenters. The Morgan fingerprint density at radius 3 is 1.54 bits per heavy atom. The second-order valence-corrected chi connectivity index (χ2v) is 12.2. The van der Waals surface area contributed by atoms with E-state index in [-0.39, 0.29) is 21.8 Å². The van der Waals surface area contributed by atoms with Gasteiger partial charge in [-0.15, -0.1) is 0 Å². The zero-order chi connectivity index (χ0) is 18.7. The number of hydrogen-bond donors (Lipinski definition) is 1. The van der Waals surface area contributed by atoms with Gasteiger partial charge >= 0.3 is 0 Å². The van der Waals surface area contributed by atoms with E-state index in [2.05, 4.69) is 74.6 Å². The molecule has 1 spiro atoms. The minimum Gasteiger partial charge on any atom is -0.310 e. The van der Waals surface area contributed by atoms with Crippen molar-refractivity contribution in [3.63, 3.8) is 0 Å². The molecule has 1 aliphatic carbocycles. The van der Waals surface area contributed by atoms with Gasteiger partial charge in [0.2, 0.25) is 0 Å². The summed E-state index contributed by atoms with van der Waals surface area (Å²) in [5, 5.41) is 4.26. The van der Waals surface area contributed by atoms with E-state index in [0.29, 0.717) is 10.8 Å². The minimum absolute atomic E-state index is 0.188. The summed E-state index contributed by atoms with van der Waals surface area (Å²) in [4.78, 5) is 0. The van der Waals surface area contributed by atoms with E-state index in [1.54, 1.807) is 0 Å². The molecular formula is C23H45N. The van der Waals surface area contributed by atoms with Crippen LogP contribution in [0.4, 0.5) is 0 Å². The zero-order valence-corrected chi connectivity index (χ0v) is 18.4. The quantitative estimate of drug-likeness (QED) is 0.512. The smallest absolute Gasteiger partial charge is 0.0350 e. The molecule has 0 aromatic carbocycles. The van der Waals surface area contributed by atoms with Crippen LogP contribution in [0.1, 0.15) is 108 Å². The molecule has 1 aliphatic heterocycles. The van der Waals surface area contributed by atoms with Crippen molar-refractivity contribution in [2.75, 3.05) is 6.54 Å². The molecule has 2 fully saturated rings. The molecule has 1 saturated heterocycles. The molecular weight excluding hydrogens is 290 g/mol. The van der Waals surface area contributed by atoms with E-state index in [9.17, 15) is 0 Å². The first kappa shape index (κ1) is 20.3. The molecule has 1 N–H and O–H groups in total. The fraction of sp³-hybridized carbons (Fsp3) is 1.00. The summed E-state index contributed by atoms with van der Waals surface area (Å²) in [5.74, 6) is 0. The van der Waals surface area contributed by atoms with Gasteiger partial charge in [0.1, 0.15) is 0 Å². The molecule has 1 saturated carbocycles. The van der Waals surface area contributed by atoms with Crippen molar-refractivity contribution in [2.24, 2.45) is 27.1 Å². The van der Waals surface area contributed by atoms with Gasteiger partial charge in [0.25, 0.3) is 0 Å². The third kappa shape index (κ3) is 2.43. The predicted molar refractivity (Wildman–Crippen MR) is 107 cm³/mol. The molecule has 1 heteroatoms. The summed E-state index contributed by atoms with van der Waals surface area (Å²) in [6, 6.07) is 0. The van der Waals surface area contributed by atoms with Gasteiger partial charge in [-0.25, -0.2) is 0 Å². The van der Waals surface area contributed by atoms with Crippen LogP contribution in [0.5, 0.6) is 0 Å². The average Bonchev–Trinajstić information content (AvgIpc) is 2.44. The minimum atomic E-state index is 0.188. The Morgan fingerprint density at radius 1 is 0.667 bits per heavy atom. The molecule has 0 bridgehead atoms. The highest BCUT2D eigenvalue weighted by Gasteiger charge is 2.77. The molecule has 24 heavy (non-hydrogen) atoms. The van der Waals surface area contributed by atoms with E-state index in [1.165, 1.54) is 45.1 Å². The van der Waals surface area contributed by atoms with Crippen LogP contribution in [0.15, 0.2) is 0 Å². The standard InChI is InChI=1S/C23H45N/c1-18(2,3)22(19(4,5)6)15-13-11-12-14-16-24-23(22)20(7,8)17-21(23,9)10/h24H,11-17H2,1-10H3. The summed E-state index contributed by atoms with van der Waals surface area (Å²) in [5.41, 5.74) is 1.65. The summed E-state index contributed by atoms with van der Waals surface area (Å²) in [7, 11) is 0. The fourth-order valence-electron chi connectivity index (χ4n) is 8.30. The van der Waals surface area contributed by atoms with Crippen LogP contribution in [0.25, 0.3) is 0 Å². The predicted octanol–water partition coefficient (Wildman–Crippen LogP) is 6.81. The average molecular weight is 336 g/mol. The lowest BCUT2D eigenvalue weighted by atomic mass is 9.28. The van der Waals surface area contributed by atoms with Crippen molar-refractivity contribution in [3.05, 3.63) is 0 Å². The molecule has 1 nitrogen and oxygen atoms in total. The molecule has 0 aromatic heterocycles. The Kier molecular flexibility index (Phi) is 4.84. The lowest BCUT2D eigenvalue weighted by Crippen LogP contribution is -2.84. The van der Waals surface area contributed by atoms with E-state index in [1.807, 2.05) is 0 Å². The van der Waals surface area contributed by atoms with Crippen molar-refractivity contribution in [1.82, 2.24) is 5.32 Å². The third-order valence-corrected chi connectivity index (χ3v) is 7.98. The molecule has 2 rings (SSSR count). The van der Waals surface area contributed by atoms with Crippen molar-refractivity contribution in [3.8, 4) is 0 Å². The lowest BCUT2D eigenvalue weighted by molar-refractivity contribution is -0.273. The molecule has 0 aromatic rings. The van der Waals surface area contributed by atoms with Gasteiger partial charge in [-0.3, -0.25) is 0 Å². The first-order valence-corrected chi connectivity index (χ1v) is 10.4. The normalized spacial score (nSPS) is 29.2. The van der Waals surface area contributed by atoms with Gasteiger partial charge in [0.15, 0.2) is 0 Å². The molecule has 0 atom stereocenters. The SMILES string of the molecule is CC(C)(C)C1(C(C)(C)C)CCCCCCNC12C(C)(C)CC2(C)C. The van der Waals surface area contributed by atoms with E-state index in [4.69, 9.17) is 0 Å². The number of nitrogens with one attached hydrogen (secondary N) is 1. The van der Waals surface area contributed by atoms with Crippen molar-refractivity contribution < 1.29 is 0 Å². The first-order valence-electron chi connectivity index (χ1n) is 10.4. The Labute approximate surface area is 152 Å². The number of hydrogen-bond acceptors (Lipinski definition) is 1. The number of rotatable bonds is 0. The summed E-state index contributed by atoms with van der Waals surface area (Å²) >= 11 is 0. The highest BCUT2D eigenvalue weighted by molar-refractivity contribution is 5.30. The fourth-order valence-corrected chi connectivity index (χ4v) is 8.30. The van der Waals surface area contributed by atoms with Crippen molar-refractivity contribution in [1.29, 1.82) is 0 Å². The van der Waals surface area contributed by atoms with E-state index >= 15 is 0 Å². The van der Waals surface area contributed by atoms with Gasteiger partial charge in [0, 0.05) is 5.54 Å². The van der Waals surface area contributed by atoms with E-state index < -0.39 is 0 Å². The summed E-state index contributed by atoms with van der Waals surface area (Å²) in [6.45, 7) is 26.4. The maximum atomic E-state index is 4.26. The third-order valence-electron chi connectivity index (χ3n) is 7.98. The second kappa shape index (κ2) is 5.73. The van der Waals surface area contributed by atoms with Crippen LogP contribution in [-0.4, -0.2) is 12.1 Å². The Hall–Kier alpha value is -0.0400. The lowest BCUT2D eigenvalue weighted by Gasteiger charge is -2.80. The molecule has 142 valence electrons. The van der Waals surface area contributed by atoms with Crippen LogP contribution in [0, 0.1) is 27.1 Å². The highest BCUT2D eigenvalue weighted by atomic mass is 15.1. The highest BCUT2D eigenvalue weighted by Crippen LogP contribution is 2.76. The topological polar surface area (TPSA) is 12.0 Å². The zero-order valence-electron chi connectivity index (χ0n) is 18.4. The maximum Gasteiger partial charge on any atom is 0.0350 e. The Balaban J connectivity index is 2.81. The Morgan fingerprint density at radius 2 is 1.12 bits per heavy atom. The monoisotopic (exact) mass is 335 g/mol. The van der Waals surface area contributed by atoms with Crippen LogP contribution >= 0.6 is 0 Å². The molecule has 0 radical (unpaired) electrons. The Bertz CT molecular complexity index is 427. The molecule has 2 aliphatic rings. The van der Waals surface area contributed by atoms with Crippen LogP contribution in [-0.2, 0) is 0 Å². The van der Waals surface area contributed by atoms with Crippen LogP contribution < -0.4 is 5.32 Å². The summed E-state index contributed by atoms with van der Waals surface area (Å²) in [6.07, 6.45) is 8.16. The van der Waals surface area contributed by atoms with Gasteiger partial charge < -0.3 is 5.32 Å². The second-order valence-electron chi connectivity index (χ2n) is 12.2. The van der Waals surface area contributed by atoms with Crippen LogP contribution in [0.2, 0.25) is 0 Å². The summed E-state index contributed by atoms with van der Waals surface area (Å²) < 4.78 is 0. The van der Waals surface area contributed by atoms with Gasteiger partial charge in [-0.1, -0.05) is 88.5 Å². The van der Waals surface area contributed by atoms with Crippen molar-refractivity contribution >= 4 is 0 Å². The first-order chi connectivity index (χ1) is 10.7. The van der Waals surface area contributed by atoms with E-state index in [0.717, 1.165) is 0 Å².